The van der Waals surface area contributed by atoms with Gasteiger partial charge in [0.15, 0.2) is 5.82 Å². The number of nitrogens with zero attached hydrogens (tertiary/aromatic N) is 3. The van der Waals surface area contributed by atoms with E-state index in [1.807, 2.05) is 19.1 Å². The van der Waals surface area contributed by atoms with Crippen LogP contribution in [-0.4, -0.2) is 36.0 Å². The van der Waals surface area contributed by atoms with Crippen LogP contribution in [0, 0.1) is 12.7 Å². The molecule has 4 rings (SSSR count). The van der Waals surface area contributed by atoms with Crippen molar-refractivity contribution in [3.05, 3.63) is 77.2 Å². The van der Waals surface area contributed by atoms with Crippen molar-refractivity contribution < 1.29 is 17.3 Å². The summed E-state index contributed by atoms with van der Waals surface area (Å²) in [4.78, 5) is 4.32. The second kappa shape index (κ2) is 8.28. The van der Waals surface area contributed by atoms with Crippen molar-refractivity contribution in [1.29, 1.82) is 0 Å². The van der Waals surface area contributed by atoms with Crippen LogP contribution < -0.4 is 0 Å². The van der Waals surface area contributed by atoms with E-state index >= 15 is 0 Å². The molecule has 0 amide bonds. The van der Waals surface area contributed by atoms with Crippen molar-refractivity contribution in [3.63, 3.8) is 0 Å². The SMILES string of the molecule is Cc1ccccc1[C@@H](C)c1noc(C2CCN(S(=O)(=O)c3ccccc3F)CC2)n1. The molecule has 158 valence electrons. The Balaban J connectivity index is 1.45. The van der Waals surface area contributed by atoms with E-state index in [4.69, 9.17) is 4.52 Å². The Morgan fingerprint density at radius 3 is 2.47 bits per heavy atom. The van der Waals surface area contributed by atoms with Crippen LogP contribution in [0.4, 0.5) is 4.39 Å². The molecule has 0 bridgehead atoms. The minimum atomic E-state index is -3.86. The molecule has 1 atom stereocenters. The third kappa shape index (κ3) is 3.89. The zero-order chi connectivity index (χ0) is 21.3. The second-order valence-corrected chi connectivity index (χ2v) is 9.58. The fraction of sp³-hybridized carbons (Fsp3) is 0.364. The van der Waals surface area contributed by atoms with Gasteiger partial charge in [0.25, 0.3) is 0 Å². The maximum Gasteiger partial charge on any atom is 0.245 e. The molecule has 0 N–H and O–H groups in total. The molecule has 6 nitrogen and oxygen atoms in total. The molecule has 2 heterocycles. The Morgan fingerprint density at radius 1 is 1.10 bits per heavy atom. The number of hydrogen-bond acceptors (Lipinski definition) is 5. The van der Waals surface area contributed by atoms with Crippen LogP contribution in [0.2, 0.25) is 0 Å². The molecule has 0 unspecified atom stereocenters. The van der Waals surface area contributed by atoms with Gasteiger partial charge < -0.3 is 4.52 Å². The summed E-state index contributed by atoms with van der Waals surface area (Å²) in [7, 11) is -3.86. The van der Waals surface area contributed by atoms with E-state index in [2.05, 4.69) is 29.2 Å². The standard InChI is InChI=1S/C22H24FN3O3S/c1-15-7-3-4-8-18(15)16(2)21-24-22(29-25-21)17-11-13-26(14-12-17)30(27,28)20-10-6-5-9-19(20)23/h3-10,16-17H,11-14H2,1-2H3/t16-/m1/s1. The summed E-state index contributed by atoms with van der Waals surface area (Å²) in [5, 5.41) is 4.17. The van der Waals surface area contributed by atoms with Gasteiger partial charge in [0, 0.05) is 24.9 Å². The number of halogens is 1. The molecule has 1 fully saturated rings. The first-order chi connectivity index (χ1) is 14.4. The lowest BCUT2D eigenvalue weighted by atomic mass is 9.95. The minimum Gasteiger partial charge on any atom is -0.339 e. The summed E-state index contributed by atoms with van der Waals surface area (Å²) >= 11 is 0. The van der Waals surface area contributed by atoms with Gasteiger partial charge in [0.1, 0.15) is 10.7 Å². The summed E-state index contributed by atoms with van der Waals surface area (Å²) in [6.45, 7) is 4.66. The van der Waals surface area contributed by atoms with Crippen molar-refractivity contribution in [2.24, 2.45) is 0 Å². The molecule has 0 aliphatic carbocycles. The van der Waals surface area contributed by atoms with Crippen LogP contribution in [0.5, 0.6) is 0 Å². The molecule has 1 aliphatic heterocycles. The highest BCUT2D eigenvalue weighted by Gasteiger charge is 2.33. The monoisotopic (exact) mass is 429 g/mol. The fourth-order valence-corrected chi connectivity index (χ4v) is 5.47. The Morgan fingerprint density at radius 2 is 1.77 bits per heavy atom. The Hall–Kier alpha value is -2.58. The first kappa shape index (κ1) is 20.7. The first-order valence-corrected chi connectivity index (χ1v) is 11.5. The van der Waals surface area contributed by atoms with Crippen molar-refractivity contribution in [1.82, 2.24) is 14.4 Å². The lowest BCUT2D eigenvalue weighted by Crippen LogP contribution is -2.38. The van der Waals surface area contributed by atoms with Gasteiger partial charge in [-0.3, -0.25) is 0 Å². The highest BCUT2D eigenvalue weighted by Crippen LogP contribution is 2.32. The maximum absolute atomic E-state index is 14.0. The Bertz CT molecular complexity index is 1140. The number of benzene rings is 2. The highest BCUT2D eigenvalue weighted by atomic mass is 32.2. The van der Waals surface area contributed by atoms with Gasteiger partial charge in [0.05, 0.1) is 0 Å². The summed E-state index contributed by atoms with van der Waals surface area (Å²) in [6.07, 6.45) is 1.10. The van der Waals surface area contributed by atoms with Crippen LogP contribution in [-0.2, 0) is 10.0 Å². The van der Waals surface area contributed by atoms with Gasteiger partial charge >= 0.3 is 0 Å². The van der Waals surface area contributed by atoms with E-state index in [0.29, 0.717) is 24.6 Å². The lowest BCUT2D eigenvalue weighted by molar-refractivity contribution is 0.269. The molecule has 8 heteroatoms. The molecule has 1 aromatic heterocycles. The summed E-state index contributed by atoms with van der Waals surface area (Å²) < 4.78 is 46.4. The van der Waals surface area contributed by atoms with Crippen LogP contribution in [0.25, 0.3) is 0 Å². The molecular formula is C22H24FN3O3S. The average Bonchev–Trinajstić information content (AvgIpc) is 3.24. The molecule has 0 saturated carbocycles. The van der Waals surface area contributed by atoms with Crippen LogP contribution in [0.15, 0.2) is 57.9 Å². The number of aromatic nitrogens is 2. The topological polar surface area (TPSA) is 76.3 Å². The lowest BCUT2D eigenvalue weighted by Gasteiger charge is -2.29. The van der Waals surface area contributed by atoms with Gasteiger partial charge in [-0.15, -0.1) is 0 Å². The van der Waals surface area contributed by atoms with Gasteiger partial charge in [-0.2, -0.15) is 9.29 Å². The molecule has 0 radical (unpaired) electrons. The predicted octanol–water partition coefficient (Wildman–Crippen LogP) is 4.24. The van der Waals surface area contributed by atoms with Crippen molar-refractivity contribution in [2.45, 2.75) is 43.4 Å². The second-order valence-electron chi connectivity index (χ2n) is 7.68. The number of sulfonamides is 1. The highest BCUT2D eigenvalue weighted by molar-refractivity contribution is 7.89. The van der Waals surface area contributed by atoms with Gasteiger partial charge in [-0.1, -0.05) is 48.5 Å². The third-order valence-corrected chi connectivity index (χ3v) is 7.69. The Kier molecular flexibility index (Phi) is 5.71. The van der Waals surface area contributed by atoms with E-state index < -0.39 is 15.8 Å². The zero-order valence-corrected chi connectivity index (χ0v) is 17.8. The predicted molar refractivity (Wildman–Crippen MR) is 110 cm³/mol. The normalized spacial score (nSPS) is 17.2. The van der Waals surface area contributed by atoms with Crippen LogP contribution in [0.1, 0.15) is 54.4 Å². The van der Waals surface area contributed by atoms with Gasteiger partial charge in [0.2, 0.25) is 15.9 Å². The quantitative estimate of drug-likeness (QED) is 0.606. The zero-order valence-electron chi connectivity index (χ0n) is 17.0. The number of rotatable bonds is 5. The summed E-state index contributed by atoms with van der Waals surface area (Å²) in [5.74, 6) is 0.424. The molecule has 2 aromatic carbocycles. The minimum absolute atomic E-state index is 0.00484. The maximum atomic E-state index is 14.0. The molecular weight excluding hydrogens is 405 g/mol. The van der Waals surface area contributed by atoms with Crippen molar-refractivity contribution >= 4 is 10.0 Å². The first-order valence-electron chi connectivity index (χ1n) is 10.0. The van der Waals surface area contributed by atoms with Crippen LogP contribution in [0.3, 0.4) is 0 Å². The number of piperidine rings is 1. The summed E-state index contributed by atoms with van der Waals surface area (Å²) in [5.41, 5.74) is 2.32. The van der Waals surface area contributed by atoms with E-state index in [9.17, 15) is 12.8 Å². The summed E-state index contributed by atoms with van der Waals surface area (Å²) in [6, 6.07) is 13.6. The largest absolute Gasteiger partial charge is 0.339 e. The molecule has 1 saturated heterocycles. The van der Waals surface area contributed by atoms with Crippen molar-refractivity contribution in [2.75, 3.05) is 13.1 Å². The van der Waals surface area contributed by atoms with E-state index in [1.54, 1.807) is 0 Å². The van der Waals surface area contributed by atoms with E-state index in [-0.39, 0.29) is 29.8 Å². The van der Waals surface area contributed by atoms with Gasteiger partial charge in [-0.05, 0) is 43.0 Å². The average molecular weight is 430 g/mol. The molecule has 0 spiro atoms. The number of aryl methyl sites for hydroxylation is 1. The number of hydrogen-bond donors (Lipinski definition) is 0. The van der Waals surface area contributed by atoms with Gasteiger partial charge in [-0.25, -0.2) is 12.8 Å². The smallest absolute Gasteiger partial charge is 0.245 e. The van der Waals surface area contributed by atoms with Crippen LogP contribution >= 0.6 is 0 Å². The third-order valence-electron chi connectivity index (χ3n) is 5.76. The fourth-order valence-electron chi connectivity index (χ4n) is 3.94. The molecule has 1 aliphatic rings. The van der Waals surface area contributed by atoms with E-state index in [0.717, 1.165) is 11.6 Å². The Labute approximate surface area is 175 Å². The van der Waals surface area contributed by atoms with Crippen molar-refractivity contribution in [3.8, 4) is 0 Å². The van der Waals surface area contributed by atoms with E-state index in [1.165, 1.54) is 28.1 Å². The molecule has 30 heavy (non-hydrogen) atoms. The molecule has 3 aromatic rings.